The predicted octanol–water partition coefficient (Wildman–Crippen LogP) is 1.24. The van der Waals surface area contributed by atoms with Gasteiger partial charge in [-0.05, 0) is 32.1 Å². The van der Waals surface area contributed by atoms with Gasteiger partial charge in [0.25, 0.3) is 0 Å². The van der Waals surface area contributed by atoms with E-state index in [1.165, 1.54) is 6.42 Å². The molecule has 0 aromatic heterocycles. The largest absolute Gasteiger partial charge is 0.387 e. The molecule has 0 saturated carbocycles. The first-order valence-electron chi connectivity index (χ1n) is 6.56. The van der Waals surface area contributed by atoms with Gasteiger partial charge < -0.3 is 15.5 Å². The summed E-state index contributed by atoms with van der Waals surface area (Å²) in [6.45, 7) is 3.23. The van der Waals surface area contributed by atoms with Crippen LogP contribution in [0.15, 0.2) is 0 Å². The Bertz CT molecular complexity index is 299. The summed E-state index contributed by atoms with van der Waals surface area (Å²) in [7, 11) is 0. The first kappa shape index (κ1) is 12.2. The number of nitrogens with zero attached hydrogens (tertiary/aromatic N) is 2. The lowest BCUT2D eigenvalue weighted by Crippen LogP contribution is -2.50. The summed E-state index contributed by atoms with van der Waals surface area (Å²) in [4.78, 5) is 16.1. The zero-order chi connectivity index (χ0) is 12.3. The fourth-order valence-electron chi connectivity index (χ4n) is 2.69. The summed E-state index contributed by atoms with van der Waals surface area (Å²) in [6.07, 6.45) is 5.38. The van der Waals surface area contributed by atoms with Crippen molar-refractivity contribution in [1.29, 1.82) is 5.41 Å². The van der Waals surface area contributed by atoms with E-state index in [1.807, 2.05) is 9.80 Å². The maximum Gasteiger partial charge on any atom is 0.320 e. The second-order valence-corrected chi connectivity index (χ2v) is 5.07. The average Bonchev–Trinajstić information content (AvgIpc) is 2.39. The van der Waals surface area contributed by atoms with Crippen molar-refractivity contribution in [2.75, 3.05) is 26.2 Å². The summed E-state index contributed by atoms with van der Waals surface area (Å²) in [6, 6.07) is 0.149. The third-order valence-corrected chi connectivity index (χ3v) is 3.76. The normalized spacial score (nSPS) is 25.8. The fraction of sp³-hybridized carbons (Fsp3) is 0.833. The van der Waals surface area contributed by atoms with E-state index in [0.717, 1.165) is 45.3 Å². The van der Waals surface area contributed by atoms with Crippen molar-refractivity contribution in [3.63, 3.8) is 0 Å². The van der Waals surface area contributed by atoms with Crippen LogP contribution in [-0.2, 0) is 0 Å². The highest BCUT2D eigenvalue weighted by Gasteiger charge is 2.28. The zero-order valence-corrected chi connectivity index (χ0v) is 10.3. The molecule has 2 aliphatic rings. The summed E-state index contributed by atoms with van der Waals surface area (Å²) >= 11 is 0. The van der Waals surface area contributed by atoms with Gasteiger partial charge in [0.15, 0.2) is 0 Å². The number of carbonyl (C=O) groups is 1. The Morgan fingerprint density at radius 3 is 2.35 bits per heavy atom. The Kier molecular flexibility index (Phi) is 3.86. The van der Waals surface area contributed by atoms with Gasteiger partial charge in [0, 0.05) is 32.1 Å². The van der Waals surface area contributed by atoms with E-state index in [9.17, 15) is 4.79 Å². The highest BCUT2D eigenvalue weighted by molar-refractivity contribution is 5.81. The molecule has 2 saturated heterocycles. The van der Waals surface area contributed by atoms with E-state index in [-0.39, 0.29) is 17.8 Å². The van der Waals surface area contributed by atoms with E-state index in [2.05, 4.69) is 0 Å². The van der Waals surface area contributed by atoms with Gasteiger partial charge in [0.05, 0.1) is 5.84 Å². The highest BCUT2D eigenvalue weighted by Crippen LogP contribution is 2.19. The Labute approximate surface area is 102 Å². The molecule has 0 bridgehead atoms. The van der Waals surface area contributed by atoms with Gasteiger partial charge in [0.1, 0.15) is 0 Å². The number of rotatable bonds is 1. The fourth-order valence-corrected chi connectivity index (χ4v) is 2.69. The molecule has 0 aromatic rings. The third kappa shape index (κ3) is 2.90. The molecular formula is C12H22N4O. The molecule has 5 heteroatoms. The molecule has 2 rings (SSSR count). The molecule has 1 unspecified atom stereocenters. The van der Waals surface area contributed by atoms with E-state index >= 15 is 0 Å². The van der Waals surface area contributed by atoms with Crippen molar-refractivity contribution in [2.45, 2.75) is 32.1 Å². The van der Waals surface area contributed by atoms with Gasteiger partial charge in [-0.3, -0.25) is 5.41 Å². The van der Waals surface area contributed by atoms with E-state index in [4.69, 9.17) is 11.1 Å². The molecular weight excluding hydrogens is 216 g/mol. The minimum absolute atomic E-state index is 0.0671. The summed E-state index contributed by atoms with van der Waals surface area (Å²) in [5.41, 5.74) is 5.54. The van der Waals surface area contributed by atoms with Crippen LogP contribution in [0.3, 0.4) is 0 Å². The van der Waals surface area contributed by atoms with E-state index < -0.39 is 0 Å². The van der Waals surface area contributed by atoms with Gasteiger partial charge in [0.2, 0.25) is 0 Å². The van der Waals surface area contributed by atoms with Crippen molar-refractivity contribution >= 4 is 11.9 Å². The van der Waals surface area contributed by atoms with Crippen LogP contribution in [-0.4, -0.2) is 47.8 Å². The van der Waals surface area contributed by atoms with Gasteiger partial charge in [-0.25, -0.2) is 4.79 Å². The lowest BCUT2D eigenvalue weighted by molar-refractivity contribution is 0.129. The van der Waals surface area contributed by atoms with Crippen molar-refractivity contribution < 1.29 is 4.79 Å². The maximum atomic E-state index is 12.3. The Morgan fingerprint density at radius 2 is 1.71 bits per heavy atom. The van der Waals surface area contributed by atoms with Crippen LogP contribution < -0.4 is 5.73 Å². The minimum atomic E-state index is 0.0671. The molecule has 5 nitrogen and oxygen atoms in total. The number of carbonyl (C=O) groups excluding carboxylic acids is 1. The van der Waals surface area contributed by atoms with Crippen LogP contribution in [0, 0.1) is 11.3 Å². The van der Waals surface area contributed by atoms with Gasteiger partial charge in [-0.2, -0.15) is 0 Å². The first-order valence-corrected chi connectivity index (χ1v) is 6.56. The maximum absolute atomic E-state index is 12.3. The first-order chi connectivity index (χ1) is 8.18. The van der Waals surface area contributed by atoms with Crippen LogP contribution in [0.25, 0.3) is 0 Å². The SMILES string of the molecule is N=C(N)C1CCCN(C(=O)N2CCCCC2)C1. The topological polar surface area (TPSA) is 73.4 Å². The zero-order valence-electron chi connectivity index (χ0n) is 10.3. The molecule has 2 aliphatic heterocycles. The number of hydrogen-bond donors (Lipinski definition) is 2. The Hall–Kier alpha value is -1.26. The standard InChI is InChI=1S/C12H22N4O/c13-11(14)10-5-4-8-16(9-10)12(17)15-6-2-1-3-7-15/h10H,1-9H2,(H3,13,14). The Balaban J connectivity index is 1.91. The molecule has 0 aliphatic carbocycles. The van der Waals surface area contributed by atoms with Gasteiger partial charge in [-0.15, -0.1) is 0 Å². The van der Waals surface area contributed by atoms with Crippen LogP contribution in [0.1, 0.15) is 32.1 Å². The molecule has 96 valence electrons. The summed E-state index contributed by atoms with van der Waals surface area (Å²) in [5.74, 6) is 0.290. The van der Waals surface area contributed by atoms with E-state index in [0.29, 0.717) is 6.54 Å². The van der Waals surface area contributed by atoms with Crippen LogP contribution in [0.5, 0.6) is 0 Å². The smallest absolute Gasteiger partial charge is 0.320 e. The number of amidine groups is 1. The van der Waals surface area contributed by atoms with Crippen molar-refractivity contribution in [2.24, 2.45) is 11.7 Å². The van der Waals surface area contributed by atoms with Gasteiger partial charge in [-0.1, -0.05) is 0 Å². The van der Waals surface area contributed by atoms with Crippen LogP contribution in [0.4, 0.5) is 4.79 Å². The van der Waals surface area contributed by atoms with Gasteiger partial charge >= 0.3 is 6.03 Å². The summed E-state index contributed by atoms with van der Waals surface area (Å²) < 4.78 is 0. The number of amides is 2. The lowest BCUT2D eigenvalue weighted by Gasteiger charge is -2.37. The molecule has 2 amide bonds. The monoisotopic (exact) mass is 238 g/mol. The van der Waals surface area contributed by atoms with Crippen molar-refractivity contribution in [3.8, 4) is 0 Å². The molecule has 2 fully saturated rings. The molecule has 3 N–H and O–H groups in total. The van der Waals surface area contributed by atoms with Crippen molar-refractivity contribution in [1.82, 2.24) is 9.80 Å². The number of urea groups is 1. The molecule has 0 radical (unpaired) electrons. The van der Waals surface area contributed by atoms with Crippen LogP contribution in [0.2, 0.25) is 0 Å². The number of likely N-dealkylation sites (tertiary alicyclic amines) is 2. The highest BCUT2D eigenvalue weighted by atomic mass is 16.2. The lowest BCUT2D eigenvalue weighted by atomic mass is 9.97. The summed E-state index contributed by atoms with van der Waals surface area (Å²) in [5, 5.41) is 7.49. The number of nitrogens with one attached hydrogen (secondary N) is 1. The number of hydrogen-bond acceptors (Lipinski definition) is 2. The van der Waals surface area contributed by atoms with Crippen LogP contribution >= 0.6 is 0 Å². The van der Waals surface area contributed by atoms with Crippen molar-refractivity contribution in [3.05, 3.63) is 0 Å². The molecule has 17 heavy (non-hydrogen) atoms. The second kappa shape index (κ2) is 5.38. The molecule has 0 aromatic carbocycles. The number of nitrogens with two attached hydrogens (primary N) is 1. The third-order valence-electron chi connectivity index (χ3n) is 3.76. The van der Waals surface area contributed by atoms with E-state index in [1.54, 1.807) is 0 Å². The molecule has 2 heterocycles. The Morgan fingerprint density at radius 1 is 1.06 bits per heavy atom. The molecule has 0 spiro atoms. The number of piperidine rings is 2. The second-order valence-electron chi connectivity index (χ2n) is 5.07. The average molecular weight is 238 g/mol. The quantitative estimate of drug-likeness (QED) is 0.533. The predicted molar refractivity (Wildman–Crippen MR) is 67.0 cm³/mol. The molecule has 1 atom stereocenters. The minimum Gasteiger partial charge on any atom is -0.387 e.